The largest absolute Gasteiger partial charge is 0.390 e. The van der Waals surface area contributed by atoms with E-state index in [9.17, 15) is 9.90 Å². The number of aromatic nitrogens is 3. The number of nitrogens with zero attached hydrogens (tertiary/aromatic N) is 3. The van der Waals surface area contributed by atoms with E-state index in [1.807, 2.05) is 67.6 Å². The van der Waals surface area contributed by atoms with Gasteiger partial charge in [0.25, 0.3) is 5.91 Å². The third-order valence-electron chi connectivity index (χ3n) is 5.04. The number of carbonyl (C=O) groups excluding carboxylic acids is 1. The van der Waals surface area contributed by atoms with Crippen LogP contribution in [-0.2, 0) is 0 Å². The summed E-state index contributed by atoms with van der Waals surface area (Å²) in [6, 6.07) is 19.9. The molecule has 3 aromatic rings. The predicted octanol–water partition coefficient (Wildman–Crippen LogP) is 3.98. The van der Waals surface area contributed by atoms with E-state index < -0.39 is 5.60 Å². The van der Waals surface area contributed by atoms with E-state index in [-0.39, 0.29) is 18.0 Å². The van der Waals surface area contributed by atoms with Gasteiger partial charge in [-0.05, 0) is 51.2 Å². The van der Waals surface area contributed by atoms with Gasteiger partial charge in [0.15, 0.2) is 5.69 Å². The second-order valence-electron chi connectivity index (χ2n) is 8.39. The average molecular weight is 407 g/mol. The molecule has 2 aromatic carbocycles. The Kier molecular flexibility index (Phi) is 7.00. The van der Waals surface area contributed by atoms with Crippen LogP contribution in [0.3, 0.4) is 0 Å². The van der Waals surface area contributed by atoms with Crippen molar-refractivity contribution in [3.8, 4) is 0 Å². The highest BCUT2D eigenvalue weighted by Crippen LogP contribution is 2.25. The van der Waals surface area contributed by atoms with Crippen molar-refractivity contribution in [2.24, 2.45) is 0 Å². The Morgan fingerprint density at radius 3 is 2.17 bits per heavy atom. The summed E-state index contributed by atoms with van der Waals surface area (Å²) in [6.07, 6.45) is 4.02. The monoisotopic (exact) mass is 406 g/mol. The number of hydrogen-bond donors (Lipinski definition) is 2. The van der Waals surface area contributed by atoms with Crippen molar-refractivity contribution in [1.82, 2.24) is 20.3 Å². The zero-order valence-corrected chi connectivity index (χ0v) is 17.8. The van der Waals surface area contributed by atoms with Gasteiger partial charge < -0.3 is 10.4 Å². The minimum Gasteiger partial charge on any atom is -0.390 e. The van der Waals surface area contributed by atoms with Gasteiger partial charge >= 0.3 is 0 Å². The van der Waals surface area contributed by atoms with Crippen LogP contribution in [0.4, 0.5) is 0 Å². The van der Waals surface area contributed by atoms with Crippen LogP contribution in [0.2, 0.25) is 0 Å². The molecule has 0 unspecified atom stereocenters. The summed E-state index contributed by atoms with van der Waals surface area (Å²) in [7, 11) is 0. The number of benzene rings is 2. The molecule has 0 bridgehead atoms. The van der Waals surface area contributed by atoms with Gasteiger partial charge in [0, 0.05) is 6.04 Å². The number of hydrogen-bond acceptors (Lipinski definition) is 4. The van der Waals surface area contributed by atoms with Crippen LogP contribution in [0.25, 0.3) is 0 Å². The molecule has 0 aliphatic rings. The highest BCUT2D eigenvalue weighted by molar-refractivity contribution is 5.92. The summed E-state index contributed by atoms with van der Waals surface area (Å²) >= 11 is 0. The van der Waals surface area contributed by atoms with E-state index in [0.717, 1.165) is 24.0 Å². The number of amides is 1. The lowest BCUT2D eigenvalue weighted by Gasteiger charge is -2.19. The topological polar surface area (TPSA) is 80.0 Å². The van der Waals surface area contributed by atoms with Gasteiger partial charge in [-0.1, -0.05) is 65.9 Å². The lowest BCUT2D eigenvalue weighted by atomic mass is 9.99. The normalized spacial score (nSPS) is 12.7. The van der Waals surface area contributed by atoms with E-state index in [2.05, 4.69) is 15.6 Å². The van der Waals surface area contributed by atoms with E-state index >= 15 is 0 Å². The molecule has 0 saturated heterocycles. The Hall–Kier alpha value is -2.99. The van der Waals surface area contributed by atoms with Crippen molar-refractivity contribution in [2.45, 2.75) is 57.7 Å². The SMILES string of the molecule is C[C@H](CCCC(C)(C)O)NC(=O)c1cn(C(c2ccccc2)c2ccccc2)nn1. The van der Waals surface area contributed by atoms with Crippen molar-refractivity contribution in [2.75, 3.05) is 0 Å². The van der Waals surface area contributed by atoms with Crippen molar-refractivity contribution in [1.29, 1.82) is 0 Å². The summed E-state index contributed by atoms with van der Waals surface area (Å²) in [5, 5.41) is 21.2. The minimum atomic E-state index is -0.684. The highest BCUT2D eigenvalue weighted by Gasteiger charge is 2.21. The molecule has 6 nitrogen and oxygen atoms in total. The number of nitrogens with one attached hydrogen (secondary N) is 1. The summed E-state index contributed by atoms with van der Waals surface area (Å²) in [4.78, 5) is 12.6. The molecular formula is C24H30N4O2. The maximum Gasteiger partial charge on any atom is 0.273 e. The fraction of sp³-hybridized carbons (Fsp3) is 0.375. The molecule has 0 aliphatic heterocycles. The molecular weight excluding hydrogens is 376 g/mol. The summed E-state index contributed by atoms with van der Waals surface area (Å²) in [6.45, 7) is 5.55. The van der Waals surface area contributed by atoms with Crippen molar-refractivity contribution < 1.29 is 9.90 Å². The average Bonchev–Trinajstić information content (AvgIpc) is 3.19. The van der Waals surface area contributed by atoms with E-state index in [4.69, 9.17) is 0 Å². The summed E-state index contributed by atoms with van der Waals surface area (Å²) < 4.78 is 1.73. The Morgan fingerprint density at radius 2 is 1.63 bits per heavy atom. The quantitative estimate of drug-likeness (QED) is 0.563. The van der Waals surface area contributed by atoms with Crippen molar-refractivity contribution in [3.63, 3.8) is 0 Å². The third kappa shape index (κ3) is 6.00. The lowest BCUT2D eigenvalue weighted by molar-refractivity contribution is 0.0674. The van der Waals surface area contributed by atoms with E-state index in [1.54, 1.807) is 24.7 Å². The van der Waals surface area contributed by atoms with Gasteiger partial charge in [-0.3, -0.25) is 4.79 Å². The molecule has 0 aliphatic carbocycles. The second-order valence-corrected chi connectivity index (χ2v) is 8.39. The molecule has 0 fully saturated rings. The summed E-state index contributed by atoms with van der Waals surface area (Å²) in [5.74, 6) is -0.239. The third-order valence-corrected chi connectivity index (χ3v) is 5.04. The molecule has 1 aromatic heterocycles. The van der Waals surface area contributed by atoms with Gasteiger partial charge in [0.1, 0.15) is 6.04 Å². The van der Waals surface area contributed by atoms with Crippen molar-refractivity contribution in [3.05, 3.63) is 83.7 Å². The first-order chi connectivity index (χ1) is 14.3. The maximum absolute atomic E-state index is 12.6. The van der Waals surface area contributed by atoms with Crippen LogP contribution >= 0.6 is 0 Å². The van der Waals surface area contributed by atoms with Crippen LogP contribution in [-0.4, -0.2) is 37.7 Å². The number of rotatable bonds is 9. The Labute approximate surface area is 177 Å². The minimum absolute atomic E-state index is 0.0101. The van der Waals surface area contributed by atoms with Gasteiger partial charge in [0.2, 0.25) is 0 Å². The first-order valence-corrected chi connectivity index (χ1v) is 10.4. The highest BCUT2D eigenvalue weighted by atomic mass is 16.3. The summed E-state index contributed by atoms with van der Waals surface area (Å²) in [5.41, 5.74) is 1.75. The molecule has 1 heterocycles. The zero-order valence-electron chi connectivity index (χ0n) is 17.8. The molecule has 1 amide bonds. The van der Waals surface area contributed by atoms with E-state index in [1.165, 1.54) is 0 Å². The first kappa shape index (κ1) is 21.7. The zero-order chi connectivity index (χ0) is 21.6. The fourth-order valence-corrected chi connectivity index (χ4v) is 3.49. The number of carbonyl (C=O) groups is 1. The molecule has 158 valence electrons. The van der Waals surface area contributed by atoms with Crippen LogP contribution in [0, 0.1) is 0 Å². The van der Waals surface area contributed by atoms with Gasteiger partial charge in [0.05, 0.1) is 11.8 Å². The van der Waals surface area contributed by atoms with Gasteiger partial charge in [-0.25, -0.2) is 4.68 Å². The first-order valence-electron chi connectivity index (χ1n) is 10.4. The van der Waals surface area contributed by atoms with Crippen LogP contribution in [0.15, 0.2) is 66.9 Å². The standard InChI is InChI=1S/C24H30N4O2/c1-18(11-10-16-24(2,3)30)25-23(29)21-17-28(27-26-21)22(19-12-6-4-7-13-19)20-14-8-5-9-15-20/h4-9,12-15,17-18,22,30H,10-11,16H2,1-3H3,(H,25,29)/t18-/m1/s1. The fourth-order valence-electron chi connectivity index (χ4n) is 3.49. The van der Waals surface area contributed by atoms with E-state index in [0.29, 0.717) is 12.1 Å². The Morgan fingerprint density at radius 1 is 1.07 bits per heavy atom. The van der Waals surface area contributed by atoms with Gasteiger partial charge in [-0.2, -0.15) is 0 Å². The maximum atomic E-state index is 12.6. The molecule has 1 atom stereocenters. The van der Waals surface area contributed by atoms with Crippen LogP contribution in [0.5, 0.6) is 0 Å². The lowest BCUT2D eigenvalue weighted by Crippen LogP contribution is -2.33. The molecule has 6 heteroatoms. The second kappa shape index (κ2) is 9.67. The molecule has 30 heavy (non-hydrogen) atoms. The van der Waals surface area contributed by atoms with Crippen LogP contribution < -0.4 is 5.32 Å². The smallest absolute Gasteiger partial charge is 0.273 e. The molecule has 0 radical (unpaired) electrons. The molecule has 0 spiro atoms. The van der Waals surface area contributed by atoms with Crippen LogP contribution in [0.1, 0.15) is 67.7 Å². The molecule has 2 N–H and O–H groups in total. The molecule has 0 saturated carbocycles. The Balaban J connectivity index is 1.72. The number of aliphatic hydroxyl groups is 1. The predicted molar refractivity (Wildman–Crippen MR) is 117 cm³/mol. The van der Waals surface area contributed by atoms with Crippen molar-refractivity contribution >= 4 is 5.91 Å². The molecule has 3 rings (SSSR count). The van der Waals surface area contributed by atoms with Gasteiger partial charge in [-0.15, -0.1) is 5.10 Å². The Bertz CT molecular complexity index is 893.